The van der Waals surface area contributed by atoms with E-state index in [-0.39, 0.29) is 17.6 Å². The largest absolute Gasteiger partial charge is 0.496 e. The van der Waals surface area contributed by atoms with Crippen molar-refractivity contribution in [3.8, 4) is 11.5 Å². The van der Waals surface area contributed by atoms with Crippen molar-refractivity contribution < 1.29 is 19.1 Å². The Hall–Kier alpha value is -4.24. The number of hydrogen-bond donors (Lipinski definition) is 3. The number of thioether (sulfide) groups is 1. The maximum absolute atomic E-state index is 13.4. The molecule has 1 atom stereocenters. The number of nitrogens with zero attached hydrogens (tertiary/aromatic N) is 1. The lowest BCUT2D eigenvalue weighted by Crippen LogP contribution is -2.32. The Bertz CT molecular complexity index is 1390. The van der Waals surface area contributed by atoms with E-state index >= 15 is 0 Å². The number of benzene rings is 3. The Labute approximate surface area is 226 Å². The first kappa shape index (κ1) is 26.8. The molecule has 3 aromatic rings. The van der Waals surface area contributed by atoms with E-state index in [2.05, 4.69) is 16.0 Å². The van der Waals surface area contributed by atoms with E-state index in [9.17, 15) is 9.59 Å². The van der Waals surface area contributed by atoms with Gasteiger partial charge < -0.3 is 25.4 Å². The second-order valence-corrected chi connectivity index (χ2v) is 9.55. The normalized spacial score (nSPS) is 14.7. The number of methoxy groups -OCH3 is 2. The second-order valence-electron chi connectivity index (χ2n) is 8.59. The molecule has 1 aliphatic rings. The Kier molecular flexibility index (Phi) is 8.70. The summed E-state index contributed by atoms with van der Waals surface area (Å²) in [6.07, 6.45) is 0. The van der Waals surface area contributed by atoms with Crippen molar-refractivity contribution in [2.45, 2.75) is 19.9 Å². The van der Waals surface area contributed by atoms with E-state index in [1.54, 1.807) is 26.4 Å². The van der Waals surface area contributed by atoms with Crippen molar-refractivity contribution in [2.24, 2.45) is 4.99 Å². The minimum absolute atomic E-state index is 0.118. The predicted octanol–water partition coefficient (Wildman–Crippen LogP) is 5.30. The van der Waals surface area contributed by atoms with Gasteiger partial charge in [0, 0.05) is 11.4 Å². The number of carbonyl (C=O) groups is 2. The summed E-state index contributed by atoms with van der Waals surface area (Å²) in [6.45, 7) is 3.79. The topological polar surface area (TPSA) is 101 Å². The molecule has 1 aliphatic heterocycles. The molecule has 0 aliphatic carbocycles. The molecule has 38 heavy (non-hydrogen) atoms. The van der Waals surface area contributed by atoms with Crippen LogP contribution in [-0.2, 0) is 9.59 Å². The van der Waals surface area contributed by atoms with Crippen LogP contribution >= 0.6 is 11.8 Å². The van der Waals surface area contributed by atoms with Gasteiger partial charge in [0.15, 0.2) is 5.17 Å². The highest BCUT2D eigenvalue weighted by molar-refractivity contribution is 8.14. The molecule has 3 aromatic carbocycles. The predicted molar refractivity (Wildman–Crippen MR) is 153 cm³/mol. The van der Waals surface area contributed by atoms with Crippen LogP contribution in [0.4, 0.5) is 11.4 Å². The average Bonchev–Trinajstić information content (AvgIpc) is 2.92. The van der Waals surface area contributed by atoms with Gasteiger partial charge in [-0.15, -0.1) is 0 Å². The van der Waals surface area contributed by atoms with Crippen molar-refractivity contribution in [1.29, 1.82) is 0 Å². The fraction of sp³-hybridized carbons (Fsp3) is 0.207. The summed E-state index contributed by atoms with van der Waals surface area (Å²) in [5.41, 5.74) is 4.22. The summed E-state index contributed by atoms with van der Waals surface area (Å²) in [5, 5.41) is 9.59. The van der Waals surface area contributed by atoms with E-state index < -0.39 is 6.04 Å². The van der Waals surface area contributed by atoms with E-state index in [0.29, 0.717) is 39.3 Å². The molecule has 4 rings (SSSR count). The second kappa shape index (κ2) is 12.3. The van der Waals surface area contributed by atoms with Crippen LogP contribution in [0.25, 0.3) is 0 Å². The molecule has 0 saturated heterocycles. The minimum atomic E-state index is -0.589. The number of amidine groups is 1. The van der Waals surface area contributed by atoms with E-state index in [1.807, 2.05) is 74.5 Å². The third-order valence-corrected chi connectivity index (χ3v) is 6.85. The van der Waals surface area contributed by atoms with Crippen LogP contribution in [0.15, 0.2) is 89.1 Å². The number of allylic oxidation sites excluding steroid dienone is 1. The molecule has 0 fully saturated rings. The summed E-state index contributed by atoms with van der Waals surface area (Å²) < 4.78 is 10.8. The number of rotatable bonds is 8. The molecule has 0 radical (unpaired) electrons. The average molecular weight is 531 g/mol. The lowest BCUT2D eigenvalue weighted by atomic mass is 9.94. The van der Waals surface area contributed by atoms with Crippen LogP contribution in [0.1, 0.15) is 24.1 Å². The van der Waals surface area contributed by atoms with Crippen molar-refractivity contribution in [2.75, 3.05) is 30.6 Å². The quantitative estimate of drug-likeness (QED) is 0.366. The van der Waals surface area contributed by atoms with E-state index in [4.69, 9.17) is 14.5 Å². The van der Waals surface area contributed by atoms with Gasteiger partial charge in [-0.2, -0.15) is 0 Å². The van der Waals surface area contributed by atoms with Crippen LogP contribution in [0, 0.1) is 6.92 Å². The zero-order valence-electron chi connectivity index (χ0n) is 21.7. The van der Waals surface area contributed by atoms with Gasteiger partial charge in [-0.3, -0.25) is 9.59 Å². The lowest BCUT2D eigenvalue weighted by Gasteiger charge is -2.27. The van der Waals surface area contributed by atoms with Gasteiger partial charge in [0.25, 0.3) is 5.91 Å². The van der Waals surface area contributed by atoms with E-state index in [1.165, 1.54) is 11.8 Å². The standard InChI is InChI=1S/C29H30N4O4S/c1-18-14-15-20(16-24(18)37-4)27-26(28(35)31-21-10-6-5-7-11-21)19(2)30-29(33-27)38-17-25(34)32-22-12-8-9-13-23(22)36-3/h5-16,27H,17H2,1-4H3,(H,30,33)(H,31,35)(H,32,34)/t27-/m1/s1. The Morgan fingerprint density at radius 3 is 2.37 bits per heavy atom. The molecule has 0 saturated carbocycles. The van der Waals surface area contributed by atoms with Crippen LogP contribution < -0.4 is 25.4 Å². The number of para-hydroxylation sites is 3. The van der Waals surface area contributed by atoms with Gasteiger partial charge in [0.1, 0.15) is 17.5 Å². The Morgan fingerprint density at radius 2 is 1.63 bits per heavy atom. The number of aliphatic imine (C=N–C) groups is 1. The first-order chi connectivity index (χ1) is 18.4. The van der Waals surface area contributed by atoms with Crippen LogP contribution in [-0.4, -0.2) is 37.0 Å². The molecule has 2 amide bonds. The summed E-state index contributed by atoms with van der Waals surface area (Å²) in [7, 11) is 3.17. The molecular weight excluding hydrogens is 500 g/mol. The van der Waals surface area contributed by atoms with Crippen LogP contribution in [0.5, 0.6) is 11.5 Å². The van der Waals surface area contributed by atoms with Crippen LogP contribution in [0.3, 0.4) is 0 Å². The zero-order chi connectivity index (χ0) is 27.1. The van der Waals surface area contributed by atoms with Crippen molar-refractivity contribution >= 4 is 40.1 Å². The summed E-state index contributed by atoms with van der Waals surface area (Å²) in [5.74, 6) is 0.952. The summed E-state index contributed by atoms with van der Waals surface area (Å²) in [4.78, 5) is 31.0. The number of hydrogen-bond acceptors (Lipinski definition) is 7. The van der Waals surface area contributed by atoms with Gasteiger partial charge in [0.2, 0.25) is 5.91 Å². The fourth-order valence-electron chi connectivity index (χ4n) is 4.05. The number of ether oxygens (including phenoxy) is 2. The van der Waals surface area contributed by atoms with Gasteiger partial charge >= 0.3 is 0 Å². The van der Waals surface area contributed by atoms with Gasteiger partial charge in [0.05, 0.1) is 31.2 Å². The Balaban J connectivity index is 1.57. The minimum Gasteiger partial charge on any atom is -0.496 e. The van der Waals surface area contributed by atoms with Crippen molar-refractivity contribution in [3.05, 3.63) is 95.2 Å². The third kappa shape index (κ3) is 6.36. The smallest absolute Gasteiger partial charge is 0.255 e. The van der Waals surface area contributed by atoms with Crippen LogP contribution in [0.2, 0.25) is 0 Å². The molecule has 0 bridgehead atoms. The lowest BCUT2D eigenvalue weighted by molar-refractivity contribution is -0.114. The molecule has 0 spiro atoms. The molecule has 0 unspecified atom stereocenters. The van der Waals surface area contributed by atoms with Gasteiger partial charge in [-0.1, -0.05) is 54.2 Å². The highest BCUT2D eigenvalue weighted by atomic mass is 32.2. The number of amides is 2. The fourth-order valence-corrected chi connectivity index (χ4v) is 4.80. The van der Waals surface area contributed by atoms with Crippen molar-refractivity contribution in [1.82, 2.24) is 5.32 Å². The van der Waals surface area contributed by atoms with Gasteiger partial charge in [-0.25, -0.2) is 4.99 Å². The molecule has 196 valence electrons. The van der Waals surface area contributed by atoms with Crippen molar-refractivity contribution in [3.63, 3.8) is 0 Å². The maximum Gasteiger partial charge on any atom is 0.255 e. The number of nitrogens with one attached hydrogen (secondary N) is 3. The number of aryl methyl sites for hydroxylation is 1. The summed E-state index contributed by atoms with van der Waals surface area (Å²) in [6, 6.07) is 21.7. The molecule has 3 N–H and O–H groups in total. The highest BCUT2D eigenvalue weighted by Crippen LogP contribution is 2.35. The molecule has 1 heterocycles. The first-order valence-electron chi connectivity index (χ1n) is 12.0. The number of anilines is 2. The highest BCUT2D eigenvalue weighted by Gasteiger charge is 2.30. The number of carbonyl (C=O) groups excluding carboxylic acids is 2. The SMILES string of the molecule is COc1cc([C@H]2N=C(SCC(=O)Nc3ccccc3OC)NC(C)=C2C(=O)Nc2ccccc2)ccc1C. The molecular formula is C29H30N4O4S. The third-order valence-electron chi connectivity index (χ3n) is 5.96. The summed E-state index contributed by atoms with van der Waals surface area (Å²) >= 11 is 1.26. The molecule has 0 aromatic heterocycles. The van der Waals surface area contributed by atoms with Gasteiger partial charge in [-0.05, 0) is 55.3 Å². The molecule has 9 heteroatoms. The monoisotopic (exact) mass is 530 g/mol. The Morgan fingerprint density at radius 1 is 0.921 bits per heavy atom. The maximum atomic E-state index is 13.4. The first-order valence-corrected chi connectivity index (χ1v) is 13.0. The van der Waals surface area contributed by atoms with E-state index in [0.717, 1.165) is 11.1 Å². The molecule has 8 nitrogen and oxygen atoms in total. The zero-order valence-corrected chi connectivity index (χ0v) is 22.5.